The SMILES string of the molecule is NC1=NC2N=CC(CNc3ccc(C(=O)NC(C(=O)O)c4ccccn4)cc3)=NC2C(=O)N1. The predicted molar refractivity (Wildman–Crippen MR) is 120 cm³/mol. The molecule has 0 aliphatic carbocycles. The smallest absolute Gasteiger partial charge is 0.332 e. The Morgan fingerprint density at radius 1 is 1.15 bits per heavy atom. The highest BCUT2D eigenvalue weighted by molar-refractivity contribution is 6.33. The van der Waals surface area contributed by atoms with Crippen molar-refractivity contribution < 1.29 is 19.5 Å². The Bertz CT molecular complexity index is 1160. The first-order chi connectivity index (χ1) is 15.9. The molecule has 2 amide bonds. The maximum absolute atomic E-state index is 12.5. The number of carbonyl (C=O) groups is 3. The number of nitrogens with one attached hydrogen (secondary N) is 3. The third kappa shape index (κ3) is 5.01. The lowest BCUT2D eigenvalue weighted by atomic mass is 10.1. The lowest BCUT2D eigenvalue weighted by Gasteiger charge is -2.25. The van der Waals surface area contributed by atoms with Crippen LogP contribution in [0.4, 0.5) is 5.69 Å². The van der Waals surface area contributed by atoms with Gasteiger partial charge >= 0.3 is 5.97 Å². The maximum atomic E-state index is 12.5. The Labute approximate surface area is 187 Å². The molecule has 0 spiro atoms. The van der Waals surface area contributed by atoms with E-state index in [9.17, 15) is 19.5 Å². The summed E-state index contributed by atoms with van der Waals surface area (Å²) in [4.78, 5) is 52.7. The molecule has 0 saturated heterocycles. The standard InChI is InChI=1S/C21H20N8O4/c22-21-28-17-16(19(31)29-21)26-13(10-25-17)9-24-12-6-4-11(5-7-12)18(30)27-15(20(32)33)14-3-1-2-8-23-14/h1-8,10,15-17,24H,9H2,(H,27,30)(H,32,33)(H3,22,28,29,31). The molecule has 3 atom stereocenters. The molecule has 0 fully saturated rings. The van der Waals surface area contributed by atoms with Crippen molar-refractivity contribution in [3.8, 4) is 0 Å². The molecule has 2 aliphatic rings. The molecule has 12 nitrogen and oxygen atoms in total. The van der Waals surface area contributed by atoms with Gasteiger partial charge in [-0.2, -0.15) is 0 Å². The van der Waals surface area contributed by atoms with Crippen molar-refractivity contribution in [3.05, 3.63) is 59.9 Å². The van der Waals surface area contributed by atoms with Crippen LogP contribution in [0.3, 0.4) is 0 Å². The van der Waals surface area contributed by atoms with Crippen LogP contribution in [0.15, 0.2) is 63.6 Å². The number of amides is 2. The summed E-state index contributed by atoms with van der Waals surface area (Å²) in [5, 5.41) is 17.5. The zero-order valence-corrected chi connectivity index (χ0v) is 17.2. The fraction of sp³-hybridized carbons (Fsp3) is 0.190. The molecule has 33 heavy (non-hydrogen) atoms. The fourth-order valence-electron chi connectivity index (χ4n) is 3.24. The summed E-state index contributed by atoms with van der Waals surface area (Å²) in [7, 11) is 0. The van der Waals surface area contributed by atoms with Crippen LogP contribution in [-0.4, -0.2) is 64.5 Å². The molecule has 12 heteroatoms. The third-order valence-corrected chi connectivity index (χ3v) is 4.88. The van der Waals surface area contributed by atoms with Gasteiger partial charge in [0.2, 0.25) is 0 Å². The molecule has 2 aliphatic heterocycles. The number of benzene rings is 1. The second-order valence-electron chi connectivity index (χ2n) is 7.19. The van der Waals surface area contributed by atoms with Gasteiger partial charge in [-0.15, -0.1) is 0 Å². The van der Waals surface area contributed by atoms with Gasteiger partial charge in [-0.3, -0.25) is 29.9 Å². The van der Waals surface area contributed by atoms with Crippen molar-refractivity contribution in [2.24, 2.45) is 20.7 Å². The van der Waals surface area contributed by atoms with Gasteiger partial charge in [-0.05, 0) is 36.4 Å². The second kappa shape index (κ2) is 9.26. The average Bonchev–Trinajstić information content (AvgIpc) is 2.82. The third-order valence-electron chi connectivity index (χ3n) is 4.88. The molecule has 3 unspecified atom stereocenters. The van der Waals surface area contributed by atoms with Gasteiger partial charge in [0.15, 0.2) is 24.2 Å². The minimum atomic E-state index is -1.26. The van der Waals surface area contributed by atoms with E-state index in [4.69, 9.17) is 5.73 Å². The first-order valence-electron chi connectivity index (χ1n) is 9.93. The lowest BCUT2D eigenvalue weighted by molar-refractivity contribution is -0.139. The lowest BCUT2D eigenvalue weighted by Crippen LogP contribution is -2.52. The molecule has 6 N–H and O–H groups in total. The van der Waals surface area contributed by atoms with Crippen molar-refractivity contribution in [1.29, 1.82) is 0 Å². The number of anilines is 1. The number of hydrogen-bond donors (Lipinski definition) is 5. The highest BCUT2D eigenvalue weighted by Gasteiger charge is 2.34. The Hall–Kier alpha value is -4.61. The molecule has 1 aromatic heterocycles. The summed E-state index contributed by atoms with van der Waals surface area (Å²) >= 11 is 0. The second-order valence-corrected chi connectivity index (χ2v) is 7.19. The van der Waals surface area contributed by atoms with E-state index in [1.807, 2.05) is 0 Å². The van der Waals surface area contributed by atoms with E-state index in [-0.39, 0.29) is 23.1 Å². The summed E-state index contributed by atoms with van der Waals surface area (Å²) in [6.45, 7) is 0.297. The Morgan fingerprint density at radius 3 is 2.64 bits per heavy atom. The van der Waals surface area contributed by atoms with E-state index in [0.717, 1.165) is 0 Å². The van der Waals surface area contributed by atoms with Crippen LogP contribution in [0.5, 0.6) is 0 Å². The number of carbonyl (C=O) groups excluding carboxylic acids is 2. The first-order valence-corrected chi connectivity index (χ1v) is 9.93. The Kier molecular flexibility index (Phi) is 6.06. The zero-order chi connectivity index (χ0) is 23.4. The highest BCUT2D eigenvalue weighted by atomic mass is 16.4. The maximum Gasteiger partial charge on any atom is 0.332 e. The van der Waals surface area contributed by atoms with Crippen LogP contribution >= 0.6 is 0 Å². The van der Waals surface area contributed by atoms with Crippen LogP contribution < -0.4 is 21.7 Å². The van der Waals surface area contributed by atoms with Crippen LogP contribution in [0.25, 0.3) is 0 Å². The number of nitrogens with zero attached hydrogens (tertiary/aromatic N) is 4. The number of fused-ring (bicyclic) bond motifs is 1. The summed E-state index contributed by atoms with van der Waals surface area (Å²) in [5.74, 6) is -2.09. The number of aliphatic imine (C=N–C) groups is 3. The number of aliphatic carboxylic acids is 1. The number of nitrogens with two attached hydrogens (primary N) is 1. The molecule has 1 aromatic carbocycles. The summed E-state index contributed by atoms with van der Waals surface area (Å²) in [6.07, 6.45) is 2.35. The average molecular weight is 448 g/mol. The molecule has 168 valence electrons. The van der Waals surface area contributed by atoms with Crippen molar-refractivity contribution in [2.45, 2.75) is 18.2 Å². The molecule has 3 heterocycles. The van der Waals surface area contributed by atoms with Crippen molar-refractivity contribution >= 4 is 41.4 Å². The van der Waals surface area contributed by atoms with Gasteiger partial charge < -0.3 is 21.5 Å². The van der Waals surface area contributed by atoms with Crippen LogP contribution in [0.2, 0.25) is 0 Å². The molecule has 2 aromatic rings. The number of carboxylic acids is 1. The van der Waals surface area contributed by atoms with Crippen LogP contribution in [0, 0.1) is 0 Å². The van der Waals surface area contributed by atoms with Gasteiger partial charge in [-0.1, -0.05) is 6.07 Å². The molecule has 0 saturated carbocycles. The topological polar surface area (TPSA) is 184 Å². The predicted octanol–water partition coefficient (Wildman–Crippen LogP) is -0.286. The number of pyridine rings is 1. The van der Waals surface area contributed by atoms with Crippen molar-refractivity contribution in [1.82, 2.24) is 15.6 Å². The fourth-order valence-corrected chi connectivity index (χ4v) is 3.24. The molecular formula is C21H20N8O4. The van der Waals surface area contributed by atoms with Gasteiger partial charge in [-0.25, -0.2) is 9.79 Å². The minimum Gasteiger partial charge on any atom is -0.479 e. The molecule has 0 radical (unpaired) electrons. The first kappa shape index (κ1) is 21.6. The van der Waals surface area contributed by atoms with Crippen molar-refractivity contribution in [2.75, 3.05) is 11.9 Å². The van der Waals surface area contributed by atoms with E-state index in [1.54, 1.807) is 36.4 Å². The minimum absolute atomic E-state index is 0.0222. The Balaban J connectivity index is 1.36. The van der Waals surface area contributed by atoms with E-state index >= 15 is 0 Å². The van der Waals surface area contributed by atoms with E-state index in [1.165, 1.54) is 18.5 Å². The molecule has 0 bridgehead atoms. The largest absolute Gasteiger partial charge is 0.479 e. The normalized spacial score (nSPS) is 19.9. The van der Waals surface area contributed by atoms with E-state index < -0.39 is 30.1 Å². The van der Waals surface area contributed by atoms with Crippen molar-refractivity contribution in [3.63, 3.8) is 0 Å². The zero-order valence-electron chi connectivity index (χ0n) is 17.2. The highest BCUT2D eigenvalue weighted by Crippen LogP contribution is 2.15. The molecular weight excluding hydrogens is 428 g/mol. The number of aromatic nitrogens is 1. The van der Waals surface area contributed by atoms with Gasteiger partial charge in [0.25, 0.3) is 11.8 Å². The number of guanidine groups is 1. The molecule has 4 rings (SSSR count). The van der Waals surface area contributed by atoms with Crippen LogP contribution in [0.1, 0.15) is 22.1 Å². The van der Waals surface area contributed by atoms with E-state index in [2.05, 4.69) is 35.9 Å². The van der Waals surface area contributed by atoms with Gasteiger partial charge in [0, 0.05) is 23.7 Å². The van der Waals surface area contributed by atoms with Gasteiger partial charge in [0.1, 0.15) is 0 Å². The summed E-state index contributed by atoms with van der Waals surface area (Å²) in [6, 6.07) is 9.29. The summed E-state index contributed by atoms with van der Waals surface area (Å²) < 4.78 is 0. The van der Waals surface area contributed by atoms with Crippen LogP contribution in [-0.2, 0) is 9.59 Å². The number of carboxylic acid groups (broad SMARTS) is 1. The quantitative estimate of drug-likeness (QED) is 0.385. The summed E-state index contributed by atoms with van der Waals surface area (Å²) in [5.41, 5.74) is 7.30. The number of hydrogen-bond acceptors (Lipinski definition) is 9. The van der Waals surface area contributed by atoms with E-state index in [0.29, 0.717) is 17.9 Å². The Morgan fingerprint density at radius 2 is 1.94 bits per heavy atom. The number of rotatable bonds is 7. The van der Waals surface area contributed by atoms with Gasteiger partial charge in [0.05, 0.1) is 18.0 Å². The monoisotopic (exact) mass is 448 g/mol.